The molecule has 17 heteroatoms. The van der Waals surface area contributed by atoms with Crippen LogP contribution in [0.25, 0.3) is 0 Å². The number of esters is 1. The quantitative estimate of drug-likeness (QED) is 0.0778. The molecule has 0 aromatic heterocycles. The zero-order valence-corrected chi connectivity index (χ0v) is 37.3. The highest BCUT2D eigenvalue weighted by molar-refractivity contribution is 5.88. The molecule has 3 fully saturated rings. The standard InChI is InChI=1S/C41H76N2O15/c1-15-29-41(10,49)34(45)24(4)31(42-53-21-52-17-16-50-13)22(2)19-39(8,48)36(58-38-32(44)28(43(11)12)18-23(3)54-38)25(5)33(26(6)37(47)56-29)57-30-20-40(9,51-14)35(46)27(7)55-30/h22-30,32-36,38,44-46,48-49H,15-21H2,1-14H3/b42-31-/t22-,23?,24+,25+,26-,27?,28?,29-,30?,32?,33+,34-,35?,36-,38?,39-,40?,41-/m1/s1. The summed E-state index contributed by atoms with van der Waals surface area (Å²) in [5, 5.41) is 63.6. The summed E-state index contributed by atoms with van der Waals surface area (Å²) in [5.41, 5.74) is -4.49. The fraction of sp³-hybridized carbons (Fsp3) is 0.951. The normalized spacial score (nSPS) is 45.8. The summed E-state index contributed by atoms with van der Waals surface area (Å²) >= 11 is 0. The number of aliphatic hydroxyl groups is 5. The minimum atomic E-state index is -1.97. The summed E-state index contributed by atoms with van der Waals surface area (Å²) in [6, 6.07) is -0.328. The molecule has 3 aliphatic rings. The number of likely N-dealkylation sites (N-methyl/N-ethyl adjacent to an activating group) is 1. The first-order valence-corrected chi connectivity index (χ1v) is 20.8. The van der Waals surface area contributed by atoms with Crippen LogP contribution in [0.2, 0.25) is 0 Å². The van der Waals surface area contributed by atoms with Crippen molar-refractivity contribution in [2.24, 2.45) is 28.8 Å². The van der Waals surface area contributed by atoms with Crippen molar-refractivity contribution in [3.8, 4) is 0 Å². The molecule has 3 aliphatic heterocycles. The van der Waals surface area contributed by atoms with Gasteiger partial charge in [-0.1, -0.05) is 32.9 Å². The van der Waals surface area contributed by atoms with Crippen LogP contribution in [-0.2, 0) is 47.5 Å². The summed E-state index contributed by atoms with van der Waals surface area (Å²) in [7, 11) is 6.76. The van der Waals surface area contributed by atoms with E-state index in [4.69, 9.17) is 42.7 Å². The number of carbonyl (C=O) groups is 1. The van der Waals surface area contributed by atoms with Crippen molar-refractivity contribution < 1.29 is 73.1 Å². The summed E-state index contributed by atoms with van der Waals surface area (Å²) in [6.07, 6.45) is -9.49. The third kappa shape index (κ3) is 12.1. The maximum atomic E-state index is 14.3. The zero-order chi connectivity index (χ0) is 43.9. The minimum Gasteiger partial charge on any atom is -0.459 e. The van der Waals surface area contributed by atoms with Crippen LogP contribution >= 0.6 is 0 Å². The smallest absolute Gasteiger partial charge is 0.311 e. The highest BCUT2D eigenvalue weighted by Crippen LogP contribution is 2.41. The van der Waals surface area contributed by atoms with Crippen LogP contribution in [-0.4, -0.2) is 175 Å². The first-order valence-electron chi connectivity index (χ1n) is 20.8. The second-order valence-electron chi connectivity index (χ2n) is 17.7. The van der Waals surface area contributed by atoms with Crippen LogP contribution < -0.4 is 0 Å². The van der Waals surface area contributed by atoms with Crippen LogP contribution in [0, 0.1) is 23.7 Å². The molecule has 3 heterocycles. The number of ether oxygens (including phenoxy) is 8. The molecule has 3 saturated heterocycles. The van der Waals surface area contributed by atoms with Gasteiger partial charge in [-0.05, 0) is 74.9 Å². The number of oxime groups is 1. The summed E-state index contributed by atoms with van der Waals surface area (Å²) in [4.78, 5) is 21.8. The van der Waals surface area contributed by atoms with Crippen molar-refractivity contribution >= 4 is 11.7 Å². The summed E-state index contributed by atoms with van der Waals surface area (Å²) in [6.45, 7) is 17.3. The average molecular weight is 837 g/mol. The van der Waals surface area contributed by atoms with Gasteiger partial charge in [-0.25, -0.2) is 0 Å². The Labute approximate surface area is 345 Å². The number of cyclic esters (lactones) is 1. The Morgan fingerprint density at radius 3 is 2.14 bits per heavy atom. The molecular weight excluding hydrogens is 760 g/mol. The van der Waals surface area contributed by atoms with E-state index in [-0.39, 0.29) is 44.8 Å². The molecule has 58 heavy (non-hydrogen) atoms. The van der Waals surface area contributed by atoms with Gasteiger partial charge in [0.05, 0.1) is 66.6 Å². The van der Waals surface area contributed by atoms with Gasteiger partial charge >= 0.3 is 5.97 Å². The first kappa shape index (κ1) is 50.8. The van der Waals surface area contributed by atoms with E-state index in [0.717, 1.165) is 0 Å². The second-order valence-corrected chi connectivity index (χ2v) is 17.7. The van der Waals surface area contributed by atoms with Crippen molar-refractivity contribution in [2.75, 3.05) is 48.3 Å². The number of nitrogens with zero attached hydrogens (tertiary/aromatic N) is 2. The number of carbonyl (C=O) groups excluding carboxylic acids is 1. The molecule has 0 aliphatic carbocycles. The summed E-state index contributed by atoms with van der Waals surface area (Å²) < 4.78 is 48.1. The molecule has 0 bridgehead atoms. The molecule has 0 radical (unpaired) electrons. The van der Waals surface area contributed by atoms with E-state index in [9.17, 15) is 30.3 Å². The third-order valence-corrected chi connectivity index (χ3v) is 12.6. The highest BCUT2D eigenvalue weighted by Gasteiger charge is 2.53. The molecule has 18 atom stereocenters. The van der Waals surface area contributed by atoms with Crippen molar-refractivity contribution in [2.45, 2.75) is 179 Å². The fourth-order valence-electron chi connectivity index (χ4n) is 8.93. The van der Waals surface area contributed by atoms with Gasteiger partial charge in [0.25, 0.3) is 0 Å². The maximum absolute atomic E-state index is 14.3. The van der Waals surface area contributed by atoms with Gasteiger partial charge < -0.3 is 73.2 Å². The summed E-state index contributed by atoms with van der Waals surface area (Å²) in [5.74, 6) is -4.14. The van der Waals surface area contributed by atoms with Crippen molar-refractivity contribution in [3.05, 3.63) is 0 Å². The third-order valence-electron chi connectivity index (χ3n) is 12.6. The molecule has 8 unspecified atom stereocenters. The lowest BCUT2D eigenvalue weighted by atomic mass is 9.73. The maximum Gasteiger partial charge on any atom is 0.311 e. The Bertz CT molecular complexity index is 1300. The second kappa shape index (κ2) is 21.5. The van der Waals surface area contributed by atoms with Crippen LogP contribution in [0.3, 0.4) is 0 Å². The van der Waals surface area contributed by atoms with Gasteiger partial charge in [0, 0.05) is 44.4 Å². The van der Waals surface area contributed by atoms with Gasteiger partial charge in [-0.15, -0.1) is 0 Å². The van der Waals surface area contributed by atoms with E-state index in [1.54, 1.807) is 55.6 Å². The van der Waals surface area contributed by atoms with Crippen molar-refractivity contribution in [1.82, 2.24) is 4.90 Å². The Morgan fingerprint density at radius 2 is 1.55 bits per heavy atom. The molecule has 17 nitrogen and oxygen atoms in total. The minimum absolute atomic E-state index is 0.0307. The van der Waals surface area contributed by atoms with Crippen LogP contribution in [0.4, 0.5) is 0 Å². The number of rotatable bonds is 13. The van der Waals surface area contributed by atoms with Gasteiger partial charge in [-0.2, -0.15) is 0 Å². The fourth-order valence-corrected chi connectivity index (χ4v) is 8.93. The van der Waals surface area contributed by atoms with Crippen LogP contribution in [0.1, 0.15) is 94.9 Å². The Balaban J connectivity index is 2.22. The van der Waals surface area contributed by atoms with E-state index < -0.39 is 102 Å². The van der Waals surface area contributed by atoms with Crippen molar-refractivity contribution in [3.63, 3.8) is 0 Å². The number of hydrogen-bond acceptors (Lipinski definition) is 17. The van der Waals surface area contributed by atoms with Gasteiger partial charge in [0.15, 0.2) is 12.6 Å². The molecule has 0 amide bonds. The Kier molecular flexibility index (Phi) is 18.8. The molecule has 340 valence electrons. The SMILES string of the molecule is CC[C@H]1OC(=O)[C@H](C)[C@@H](OC2CC(C)(OC)C(O)C(C)O2)[C@H](C)[C@@H](OC2OC(C)CC(N(C)C)C2O)[C@](C)(O)C[C@@H](C)/C(=N/OCOCCOC)[C@H](C)[C@@H](O)[C@]1(C)O. The lowest BCUT2D eigenvalue weighted by Crippen LogP contribution is -2.61. The van der Waals surface area contributed by atoms with E-state index in [1.807, 2.05) is 32.8 Å². The van der Waals surface area contributed by atoms with E-state index in [1.165, 1.54) is 14.0 Å². The lowest BCUT2D eigenvalue weighted by molar-refractivity contribution is -0.317. The zero-order valence-electron chi connectivity index (χ0n) is 37.3. The predicted octanol–water partition coefficient (Wildman–Crippen LogP) is 2.21. The average Bonchev–Trinajstić information content (AvgIpc) is 3.15. The molecule has 0 aromatic carbocycles. The lowest BCUT2D eigenvalue weighted by Gasteiger charge is -2.49. The van der Waals surface area contributed by atoms with Crippen molar-refractivity contribution in [1.29, 1.82) is 0 Å². The number of aliphatic hydroxyl groups excluding tert-OH is 3. The Morgan fingerprint density at radius 1 is 0.897 bits per heavy atom. The number of hydrogen-bond donors (Lipinski definition) is 5. The monoisotopic (exact) mass is 837 g/mol. The van der Waals surface area contributed by atoms with Gasteiger partial charge in [-0.3, -0.25) is 4.79 Å². The molecular formula is C41H76N2O15. The topological polar surface area (TPSA) is 217 Å². The Hall–Kier alpha value is -1.58. The molecule has 0 spiro atoms. The molecule has 0 saturated carbocycles. The van der Waals surface area contributed by atoms with E-state index >= 15 is 0 Å². The van der Waals surface area contributed by atoms with Crippen LogP contribution in [0.5, 0.6) is 0 Å². The van der Waals surface area contributed by atoms with Gasteiger partial charge in [0.2, 0.25) is 6.79 Å². The molecule has 3 rings (SSSR count). The molecule has 0 aromatic rings. The largest absolute Gasteiger partial charge is 0.459 e. The first-order chi connectivity index (χ1) is 27.0. The number of methoxy groups -OCH3 is 2. The van der Waals surface area contributed by atoms with Gasteiger partial charge in [0.1, 0.15) is 23.9 Å². The van der Waals surface area contributed by atoms with Crippen LogP contribution in [0.15, 0.2) is 5.16 Å². The highest BCUT2D eigenvalue weighted by atomic mass is 16.7. The molecule has 5 N–H and O–H groups in total. The van der Waals surface area contributed by atoms with E-state index in [2.05, 4.69) is 5.16 Å². The predicted molar refractivity (Wildman–Crippen MR) is 212 cm³/mol. The van der Waals surface area contributed by atoms with E-state index in [0.29, 0.717) is 18.7 Å².